The van der Waals surface area contributed by atoms with Gasteiger partial charge in [-0.3, -0.25) is 4.79 Å². The van der Waals surface area contributed by atoms with E-state index in [4.69, 9.17) is 5.73 Å². The zero-order chi connectivity index (χ0) is 8.48. The molecule has 0 radical (unpaired) electrons. The first-order valence-electron chi connectivity index (χ1n) is 3.95. The zero-order valence-corrected chi connectivity index (χ0v) is 7.09. The van der Waals surface area contributed by atoms with E-state index in [0.29, 0.717) is 0 Å². The monoisotopic (exact) mass is 157 g/mol. The van der Waals surface area contributed by atoms with Gasteiger partial charge in [0.1, 0.15) is 0 Å². The van der Waals surface area contributed by atoms with Crippen molar-refractivity contribution in [3.63, 3.8) is 0 Å². The number of methoxy groups -OCH3 is 1. The average molecular weight is 157 g/mol. The molecule has 3 nitrogen and oxygen atoms in total. The van der Waals surface area contributed by atoms with E-state index in [1.54, 1.807) is 0 Å². The van der Waals surface area contributed by atoms with Gasteiger partial charge >= 0.3 is 5.97 Å². The molecule has 1 saturated carbocycles. The summed E-state index contributed by atoms with van der Waals surface area (Å²) in [5.41, 5.74) is 5.37. The number of nitrogens with two attached hydrogens (primary N) is 1. The lowest BCUT2D eigenvalue weighted by Gasteiger charge is -2.25. The second kappa shape index (κ2) is 2.81. The van der Waals surface area contributed by atoms with Crippen LogP contribution in [-0.4, -0.2) is 19.1 Å². The van der Waals surface area contributed by atoms with E-state index in [1.807, 2.05) is 6.92 Å². The Labute approximate surface area is 66.9 Å². The van der Waals surface area contributed by atoms with E-state index < -0.39 is 5.41 Å². The summed E-state index contributed by atoms with van der Waals surface area (Å²) in [6, 6.07) is -0.0186. The van der Waals surface area contributed by atoms with Crippen molar-refractivity contribution in [2.24, 2.45) is 11.1 Å². The summed E-state index contributed by atoms with van der Waals surface area (Å²) in [5, 5.41) is 0. The van der Waals surface area contributed by atoms with Crippen LogP contribution in [0.15, 0.2) is 0 Å². The van der Waals surface area contributed by atoms with Crippen molar-refractivity contribution in [2.45, 2.75) is 32.2 Å². The van der Waals surface area contributed by atoms with E-state index in [0.717, 1.165) is 19.3 Å². The van der Waals surface area contributed by atoms with Crippen LogP contribution in [0.5, 0.6) is 0 Å². The number of hydrogen-bond donors (Lipinski definition) is 1. The summed E-state index contributed by atoms with van der Waals surface area (Å²) in [6.45, 7) is 1.89. The molecule has 1 aliphatic rings. The third kappa shape index (κ3) is 1.25. The molecule has 1 fully saturated rings. The van der Waals surface area contributed by atoms with Gasteiger partial charge in [0, 0.05) is 6.04 Å². The Morgan fingerprint density at radius 1 is 1.73 bits per heavy atom. The number of esters is 1. The van der Waals surface area contributed by atoms with Crippen LogP contribution in [-0.2, 0) is 9.53 Å². The molecule has 0 aromatic heterocycles. The van der Waals surface area contributed by atoms with Crippen LogP contribution in [0.4, 0.5) is 0 Å². The molecule has 0 spiro atoms. The molecule has 0 aliphatic heterocycles. The molecule has 0 heterocycles. The van der Waals surface area contributed by atoms with E-state index in [1.165, 1.54) is 7.11 Å². The normalized spacial score (nSPS) is 37.2. The zero-order valence-electron chi connectivity index (χ0n) is 7.09. The Morgan fingerprint density at radius 2 is 2.36 bits per heavy atom. The van der Waals surface area contributed by atoms with Gasteiger partial charge in [-0.05, 0) is 19.8 Å². The smallest absolute Gasteiger partial charge is 0.313 e. The maximum Gasteiger partial charge on any atom is 0.313 e. The summed E-state index contributed by atoms with van der Waals surface area (Å²) >= 11 is 0. The summed E-state index contributed by atoms with van der Waals surface area (Å²) in [6.07, 6.45) is 2.83. The van der Waals surface area contributed by atoms with Crippen LogP contribution in [0.25, 0.3) is 0 Å². The van der Waals surface area contributed by atoms with E-state index in [9.17, 15) is 4.79 Å². The van der Waals surface area contributed by atoms with Gasteiger partial charge in [0.25, 0.3) is 0 Å². The maximum atomic E-state index is 11.2. The second-order valence-electron chi connectivity index (χ2n) is 3.41. The third-order valence-corrected chi connectivity index (χ3v) is 2.68. The number of hydrogen-bond acceptors (Lipinski definition) is 3. The molecule has 0 aromatic rings. The highest BCUT2D eigenvalue weighted by Gasteiger charge is 2.43. The van der Waals surface area contributed by atoms with Gasteiger partial charge in [0.15, 0.2) is 0 Å². The van der Waals surface area contributed by atoms with Gasteiger partial charge in [-0.2, -0.15) is 0 Å². The first-order valence-corrected chi connectivity index (χ1v) is 3.95. The molecule has 0 unspecified atom stereocenters. The fourth-order valence-electron chi connectivity index (χ4n) is 1.68. The molecule has 0 bridgehead atoms. The van der Waals surface area contributed by atoms with Crippen molar-refractivity contribution >= 4 is 5.97 Å². The van der Waals surface area contributed by atoms with Crippen molar-refractivity contribution in [1.82, 2.24) is 0 Å². The Balaban J connectivity index is 2.72. The molecule has 2 N–H and O–H groups in total. The largest absolute Gasteiger partial charge is 0.469 e. The van der Waals surface area contributed by atoms with Crippen molar-refractivity contribution in [1.29, 1.82) is 0 Å². The number of carbonyl (C=O) groups excluding carboxylic acids is 1. The number of carbonyl (C=O) groups is 1. The molecule has 0 aromatic carbocycles. The van der Waals surface area contributed by atoms with Crippen LogP contribution in [0, 0.1) is 5.41 Å². The summed E-state index contributed by atoms with van der Waals surface area (Å²) in [4.78, 5) is 11.2. The minimum absolute atomic E-state index is 0.0186. The van der Waals surface area contributed by atoms with Crippen molar-refractivity contribution in [3.05, 3.63) is 0 Å². The maximum absolute atomic E-state index is 11.2. The summed E-state index contributed by atoms with van der Waals surface area (Å²) in [5.74, 6) is -0.164. The molecular weight excluding hydrogens is 142 g/mol. The topological polar surface area (TPSA) is 52.3 Å². The second-order valence-corrected chi connectivity index (χ2v) is 3.41. The molecule has 0 saturated heterocycles. The van der Waals surface area contributed by atoms with E-state index in [-0.39, 0.29) is 12.0 Å². The lowest BCUT2D eigenvalue weighted by atomic mass is 9.85. The highest BCUT2D eigenvalue weighted by molar-refractivity contribution is 5.77. The van der Waals surface area contributed by atoms with Crippen molar-refractivity contribution in [2.75, 3.05) is 7.11 Å². The van der Waals surface area contributed by atoms with Crippen molar-refractivity contribution < 1.29 is 9.53 Å². The van der Waals surface area contributed by atoms with Gasteiger partial charge in [0.05, 0.1) is 12.5 Å². The fourth-order valence-corrected chi connectivity index (χ4v) is 1.68. The highest BCUT2D eigenvalue weighted by Crippen LogP contribution is 2.37. The molecule has 0 amide bonds. The van der Waals surface area contributed by atoms with Gasteiger partial charge in [-0.15, -0.1) is 0 Å². The predicted octanol–water partition coefficient (Wildman–Crippen LogP) is 0.677. The van der Waals surface area contributed by atoms with Crippen LogP contribution in [0.1, 0.15) is 26.2 Å². The standard InChI is InChI=1S/C8H15NO2/c1-8(7(10)11-2)5-3-4-6(8)9/h6H,3-5,9H2,1-2H3/t6-,8-/m1/s1. The first-order chi connectivity index (χ1) is 5.11. The average Bonchev–Trinajstić information content (AvgIpc) is 2.32. The van der Waals surface area contributed by atoms with Crippen molar-refractivity contribution in [3.8, 4) is 0 Å². The summed E-state index contributed by atoms with van der Waals surface area (Å²) < 4.78 is 4.69. The third-order valence-electron chi connectivity index (χ3n) is 2.68. The van der Waals surface area contributed by atoms with Crippen LogP contribution in [0.2, 0.25) is 0 Å². The van der Waals surface area contributed by atoms with Gasteiger partial charge in [-0.25, -0.2) is 0 Å². The molecular formula is C8H15NO2. The Morgan fingerprint density at radius 3 is 2.73 bits per heavy atom. The number of rotatable bonds is 1. The SMILES string of the molecule is COC(=O)[C@]1(C)CCC[C@H]1N. The molecule has 3 heteroatoms. The van der Waals surface area contributed by atoms with E-state index in [2.05, 4.69) is 4.74 Å². The van der Waals surface area contributed by atoms with Crippen LogP contribution >= 0.6 is 0 Å². The minimum atomic E-state index is -0.422. The lowest BCUT2D eigenvalue weighted by molar-refractivity contribution is -0.152. The quantitative estimate of drug-likeness (QED) is 0.569. The van der Waals surface area contributed by atoms with Gasteiger partial charge < -0.3 is 10.5 Å². The van der Waals surface area contributed by atoms with E-state index >= 15 is 0 Å². The molecule has 1 aliphatic carbocycles. The fraction of sp³-hybridized carbons (Fsp3) is 0.875. The Kier molecular flexibility index (Phi) is 2.18. The Hall–Kier alpha value is -0.570. The van der Waals surface area contributed by atoms with Gasteiger partial charge in [0.2, 0.25) is 0 Å². The molecule has 2 atom stereocenters. The highest BCUT2D eigenvalue weighted by atomic mass is 16.5. The molecule has 11 heavy (non-hydrogen) atoms. The minimum Gasteiger partial charge on any atom is -0.469 e. The van der Waals surface area contributed by atoms with Crippen LogP contribution < -0.4 is 5.73 Å². The summed E-state index contributed by atoms with van der Waals surface area (Å²) in [7, 11) is 1.42. The first kappa shape index (κ1) is 8.53. The van der Waals surface area contributed by atoms with Gasteiger partial charge in [-0.1, -0.05) is 6.42 Å². The molecule has 1 rings (SSSR count). The Bertz CT molecular complexity index is 169. The van der Waals surface area contributed by atoms with Crippen LogP contribution in [0.3, 0.4) is 0 Å². The molecule has 64 valence electrons. The number of ether oxygens (including phenoxy) is 1. The lowest BCUT2D eigenvalue weighted by Crippen LogP contribution is -2.41. The predicted molar refractivity (Wildman–Crippen MR) is 41.9 cm³/mol.